The van der Waals surface area contributed by atoms with Crippen molar-refractivity contribution in [1.82, 2.24) is 10.2 Å². The van der Waals surface area contributed by atoms with E-state index >= 15 is 0 Å². The Morgan fingerprint density at radius 2 is 1.76 bits per heavy atom. The van der Waals surface area contributed by atoms with E-state index in [1.54, 1.807) is 0 Å². The number of nitrogens with zero attached hydrogens (tertiary/aromatic N) is 1. The molecule has 98 valence electrons. The number of morpholine rings is 1. The normalized spacial score (nSPS) is 26.9. The molecule has 1 amide bonds. The lowest BCUT2D eigenvalue weighted by Crippen LogP contribution is -2.45. The maximum atomic E-state index is 12.0. The van der Waals surface area contributed by atoms with Crippen LogP contribution in [-0.4, -0.2) is 49.7 Å². The molecule has 0 radical (unpaired) electrons. The van der Waals surface area contributed by atoms with E-state index in [1.165, 1.54) is 0 Å². The highest BCUT2D eigenvalue weighted by Crippen LogP contribution is 2.62. The molecule has 0 atom stereocenters. The third kappa shape index (κ3) is 2.20. The minimum absolute atomic E-state index is 0.201. The van der Waals surface area contributed by atoms with E-state index in [0.717, 1.165) is 13.1 Å². The number of rotatable bonds is 3. The van der Waals surface area contributed by atoms with Crippen LogP contribution in [0.25, 0.3) is 0 Å². The zero-order chi connectivity index (χ0) is 12.7. The van der Waals surface area contributed by atoms with E-state index < -0.39 is 0 Å². The minimum Gasteiger partial charge on any atom is -0.378 e. The van der Waals surface area contributed by atoms with Gasteiger partial charge in [-0.1, -0.05) is 27.7 Å². The molecule has 0 unspecified atom stereocenters. The third-order valence-corrected chi connectivity index (χ3v) is 4.84. The zero-order valence-electron chi connectivity index (χ0n) is 11.4. The first-order valence-corrected chi connectivity index (χ1v) is 6.46. The summed E-state index contributed by atoms with van der Waals surface area (Å²) in [5.41, 5.74) is 0.580. The maximum Gasteiger partial charge on any atom is 0.236 e. The number of hydrogen-bond acceptors (Lipinski definition) is 3. The Morgan fingerprint density at radius 1 is 1.24 bits per heavy atom. The van der Waals surface area contributed by atoms with Gasteiger partial charge in [0, 0.05) is 19.1 Å². The number of carbonyl (C=O) groups excluding carboxylic acids is 1. The standard InChI is InChI=1S/C13H24N2O2/c1-12(2)11(13(12,3)4)14-9-10(16)15-5-7-17-8-6-15/h11,14H,5-9H2,1-4H3. The number of nitrogens with one attached hydrogen (secondary N) is 1. The lowest BCUT2D eigenvalue weighted by Gasteiger charge is -2.27. The summed E-state index contributed by atoms with van der Waals surface area (Å²) >= 11 is 0. The summed E-state index contributed by atoms with van der Waals surface area (Å²) in [5.74, 6) is 0.201. The number of carbonyl (C=O) groups is 1. The second-order valence-corrected chi connectivity index (χ2v) is 6.25. The summed E-state index contributed by atoms with van der Waals surface area (Å²) in [6.45, 7) is 12.3. The molecule has 0 bridgehead atoms. The van der Waals surface area contributed by atoms with Gasteiger partial charge in [-0.05, 0) is 10.8 Å². The van der Waals surface area contributed by atoms with Crippen LogP contribution < -0.4 is 5.32 Å². The molecule has 1 aliphatic carbocycles. The molecule has 0 aromatic carbocycles. The second-order valence-electron chi connectivity index (χ2n) is 6.25. The van der Waals surface area contributed by atoms with Gasteiger partial charge in [0.05, 0.1) is 19.8 Å². The van der Waals surface area contributed by atoms with Crippen molar-refractivity contribution in [2.24, 2.45) is 10.8 Å². The molecule has 1 heterocycles. The largest absolute Gasteiger partial charge is 0.378 e. The molecule has 4 nitrogen and oxygen atoms in total. The summed E-state index contributed by atoms with van der Waals surface area (Å²) in [7, 11) is 0. The van der Waals surface area contributed by atoms with Crippen molar-refractivity contribution in [3.05, 3.63) is 0 Å². The predicted octanol–water partition coefficient (Wildman–Crippen LogP) is 0.869. The monoisotopic (exact) mass is 240 g/mol. The van der Waals surface area contributed by atoms with Crippen LogP contribution in [0, 0.1) is 10.8 Å². The maximum absolute atomic E-state index is 12.0. The summed E-state index contributed by atoms with van der Waals surface area (Å²) in [6, 6.07) is 0.444. The fourth-order valence-corrected chi connectivity index (χ4v) is 2.82. The van der Waals surface area contributed by atoms with Crippen molar-refractivity contribution in [2.75, 3.05) is 32.8 Å². The van der Waals surface area contributed by atoms with Gasteiger partial charge in [0.1, 0.15) is 0 Å². The smallest absolute Gasteiger partial charge is 0.236 e. The third-order valence-electron chi connectivity index (χ3n) is 4.84. The summed E-state index contributed by atoms with van der Waals surface area (Å²) in [4.78, 5) is 13.8. The van der Waals surface area contributed by atoms with Crippen LogP contribution in [0.5, 0.6) is 0 Å². The molecule has 1 N–H and O–H groups in total. The summed E-state index contributed by atoms with van der Waals surface area (Å²) < 4.78 is 5.24. The highest BCUT2D eigenvalue weighted by molar-refractivity contribution is 5.78. The van der Waals surface area contributed by atoms with Crippen LogP contribution in [0.3, 0.4) is 0 Å². The molecule has 2 aliphatic rings. The number of ether oxygens (including phenoxy) is 1. The van der Waals surface area contributed by atoms with E-state index in [-0.39, 0.29) is 16.7 Å². The first-order valence-electron chi connectivity index (χ1n) is 6.46. The van der Waals surface area contributed by atoms with E-state index in [2.05, 4.69) is 33.0 Å². The van der Waals surface area contributed by atoms with Gasteiger partial charge in [-0.3, -0.25) is 4.79 Å². The molecular formula is C13H24N2O2. The Labute approximate surface area is 104 Å². The van der Waals surface area contributed by atoms with Crippen molar-refractivity contribution >= 4 is 5.91 Å². The quantitative estimate of drug-likeness (QED) is 0.796. The lowest BCUT2D eigenvalue weighted by molar-refractivity contribution is -0.134. The van der Waals surface area contributed by atoms with Gasteiger partial charge >= 0.3 is 0 Å². The van der Waals surface area contributed by atoms with Crippen molar-refractivity contribution < 1.29 is 9.53 Å². The van der Waals surface area contributed by atoms with E-state index in [9.17, 15) is 4.79 Å². The Morgan fingerprint density at radius 3 is 2.24 bits per heavy atom. The minimum atomic E-state index is 0.201. The first-order chi connectivity index (χ1) is 7.87. The van der Waals surface area contributed by atoms with E-state index in [1.807, 2.05) is 4.90 Å². The Balaban J connectivity index is 1.78. The number of hydrogen-bond donors (Lipinski definition) is 1. The fraction of sp³-hybridized carbons (Fsp3) is 0.923. The van der Waals surface area contributed by atoms with Crippen LogP contribution in [0.15, 0.2) is 0 Å². The van der Waals surface area contributed by atoms with Gasteiger partial charge in [-0.15, -0.1) is 0 Å². The molecule has 2 fully saturated rings. The molecule has 0 aromatic heterocycles. The summed E-state index contributed by atoms with van der Waals surface area (Å²) in [5, 5.41) is 3.40. The molecule has 2 rings (SSSR count). The molecule has 0 spiro atoms. The predicted molar refractivity (Wildman–Crippen MR) is 66.8 cm³/mol. The van der Waals surface area contributed by atoms with Crippen LogP contribution in [0.4, 0.5) is 0 Å². The van der Waals surface area contributed by atoms with Crippen LogP contribution in [0.1, 0.15) is 27.7 Å². The zero-order valence-corrected chi connectivity index (χ0v) is 11.4. The SMILES string of the molecule is CC1(C)C(NCC(=O)N2CCOCC2)C1(C)C. The van der Waals surface area contributed by atoms with Gasteiger partial charge in [0.15, 0.2) is 0 Å². The van der Waals surface area contributed by atoms with Crippen LogP contribution in [-0.2, 0) is 9.53 Å². The topological polar surface area (TPSA) is 41.6 Å². The van der Waals surface area contributed by atoms with Gasteiger partial charge in [0.2, 0.25) is 5.91 Å². The molecule has 1 saturated carbocycles. The average Bonchev–Trinajstić information content (AvgIpc) is 2.68. The molecule has 17 heavy (non-hydrogen) atoms. The van der Waals surface area contributed by atoms with Crippen molar-refractivity contribution in [2.45, 2.75) is 33.7 Å². The second kappa shape index (κ2) is 4.25. The Kier molecular flexibility index (Phi) is 3.21. The Hall–Kier alpha value is -0.610. The highest BCUT2D eigenvalue weighted by Gasteiger charge is 2.64. The molecular weight excluding hydrogens is 216 g/mol. The van der Waals surface area contributed by atoms with E-state index in [4.69, 9.17) is 4.74 Å². The number of amides is 1. The molecule has 0 aromatic rings. The van der Waals surface area contributed by atoms with Crippen LogP contribution >= 0.6 is 0 Å². The van der Waals surface area contributed by atoms with E-state index in [0.29, 0.717) is 25.8 Å². The van der Waals surface area contributed by atoms with Gasteiger partial charge in [-0.25, -0.2) is 0 Å². The molecule has 1 aliphatic heterocycles. The van der Waals surface area contributed by atoms with Gasteiger partial charge < -0.3 is 15.0 Å². The lowest BCUT2D eigenvalue weighted by atomic mass is 10.0. The molecule has 4 heteroatoms. The van der Waals surface area contributed by atoms with Crippen molar-refractivity contribution in [3.8, 4) is 0 Å². The first kappa shape index (κ1) is 12.8. The van der Waals surface area contributed by atoms with Crippen molar-refractivity contribution in [3.63, 3.8) is 0 Å². The summed E-state index contributed by atoms with van der Waals surface area (Å²) in [6.07, 6.45) is 0. The highest BCUT2D eigenvalue weighted by atomic mass is 16.5. The molecule has 1 saturated heterocycles. The Bertz CT molecular complexity index is 293. The average molecular weight is 240 g/mol. The van der Waals surface area contributed by atoms with Gasteiger partial charge in [0.25, 0.3) is 0 Å². The fourth-order valence-electron chi connectivity index (χ4n) is 2.82. The van der Waals surface area contributed by atoms with Crippen LogP contribution in [0.2, 0.25) is 0 Å². The van der Waals surface area contributed by atoms with Gasteiger partial charge in [-0.2, -0.15) is 0 Å². The van der Waals surface area contributed by atoms with Crippen molar-refractivity contribution in [1.29, 1.82) is 0 Å².